The number of aliphatic hydroxyl groups is 1. The smallest absolute Gasteiger partial charge is 0.414 e. The number of aliphatic imine (C=N–C) groups is 1. The molecule has 0 aromatic carbocycles. The lowest BCUT2D eigenvalue weighted by molar-refractivity contribution is -0.139. The number of carbonyl (C=O) groups excluding carboxylic acids is 3. The highest BCUT2D eigenvalue weighted by Crippen LogP contribution is 2.40. The number of likely N-dealkylation sites (tertiary alicyclic amines) is 1. The molecule has 0 bridgehead atoms. The molecular formula is C17H21Cl3N6O5. The molecule has 14 heteroatoms. The summed E-state index contributed by atoms with van der Waals surface area (Å²) >= 11 is 16.9. The molecule has 11 nitrogen and oxygen atoms in total. The van der Waals surface area contributed by atoms with E-state index in [0.717, 1.165) is 4.90 Å². The van der Waals surface area contributed by atoms with Gasteiger partial charge in [0, 0.05) is 19.4 Å². The minimum Gasteiger partial charge on any atom is -0.445 e. The van der Waals surface area contributed by atoms with E-state index in [0.29, 0.717) is 18.8 Å². The van der Waals surface area contributed by atoms with Crippen molar-refractivity contribution in [1.29, 1.82) is 0 Å². The van der Waals surface area contributed by atoms with E-state index < -0.39 is 40.3 Å². The SMILES string of the molecule is C=C1N[C@H]2[C@H](CN3C(=O)CCC3=O)N=C(NC(=O)OCC(Cl)(Cl)Cl)N3CCC(O)[C@]23N1. The Morgan fingerprint density at radius 2 is 2.03 bits per heavy atom. The zero-order chi connectivity index (χ0) is 22.6. The van der Waals surface area contributed by atoms with Gasteiger partial charge in [-0.3, -0.25) is 19.8 Å². The molecule has 1 unspecified atom stereocenters. The number of hydrogen-bond donors (Lipinski definition) is 4. The van der Waals surface area contributed by atoms with Crippen LogP contribution >= 0.6 is 34.8 Å². The predicted octanol–water partition coefficient (Wildman–Crippen LogP) is -0.234. The number of imide groups is 1. The van der Waals surface area contributed by atoms with Crippen LogP contribution in [0.2, 0.25) is 0 Å². The summed E-state index contributed by atoms with van der Waals surface area (Å²) in [6.07, 6.45) is -1.08. The highest BCUT2D eigenvalue weighted by atomic mass is 35.6. The van der Waals surface area contributed by atoms with Crippen LogP contribution in [0.5, 0.6) is 0 Å². The van der Waals surface area contributed by atoms with Crippen molar-refractivity contribution in [3.8, 4) is 0 Å². The Kier molecular flexibility index (Phi) is 5.65. The van der Waals surface area contributed by atoms with Crippen molar-refractivity contribution in [2.24, 2.45) is 4.99 Å². The quantitative estimate of drug-likeness (QED) is 0.311. The number of halogens is 3. The van der Waals surface area contributed by atoms with Crippen molar-refractivity contribution in [3.63, 3.8) is 0 Å². The second kappa shape index (κ2) is 7.88. The zero-order valence-electron chi connectivity index (χ0n) is 16.2. The van der Waals surface area contributed by atoms with Crippen LogP contribution in [0.25, 0.3) is 0 Å². The van der Waals surface area contributed by atoms with Gasteiger partial charge in [-0.2, -0.15) is 0 Å². The molecule has 3 fully saturated rings. The van der Waals surface area contributed by atoms with Crippen LogP contribution in [0.3, 0.4) is 0 Å². The highest BCUT2D eigenvalue weighted by molar-refractivity contribution is 6.67. The fourth-order valence-corrected chi connectivity index (χ4v) is 4.69. The van der Waals surface area contributed by atoms with Crippen LogP contribution in [-0.4, -0.2) is 86.1 Å². The van der Waals surface area contributed by atoms with Crippen molar-refractivity contribution in [2.45, 2.75) is 46.9 Å². The predicted molar refractivity (Wildman–Crippen MR) is 111 cm³/mol. The summed E-state index contributed by atoms with van der Waals surface area (Å²) in [5.74, 6) is -0.0134. The van der Waals surface area contributed by atoms with Crippen LogP contribution < -0.4 is 16.0 Å². The van der Waals surface area contributed by atoms with Crippen molar-refractivity contribution in [2.75, 3.05) is 19.7 Å². The molecule has 4 rings (SSSR count). The average molecular weight is 496 g/mol. The molecule has 0 aliphatic carbocycles. The molecule has 170 valence electrons. The van der Waals surface area contributed by atoms with E-state index in [-0.39, 0.29) is 37.2 Å². The Balaban J connectivity index is 1.63. The summed E-state index contributed by atoms with van der Waals surface area (Å²) in [4.78, 5) is 44.0. The summed E-state index contributed by atoms with van der Waals surface area (Å²) < 4.78 is 3.15. The number of nitrogens with zero attached hydrogens (tertiary/aromatic N) is 3. The van der Waals surface area contributed by atoms with Crippen molar-refractivity contribution in [1.82, 2.24) is 25.8 Å². The van der Waals surface area contributed by atoms with Gasteiger partial charge in [0.25, 0.3) is 0 Å². The molecule has 3 amide bonds. The Hall–Kier alpha value is -1.95. The van der Waals surface area contributed by atoms with Crippen LogP contribution in [0, 0.1) is 0 Å². The van der Waals surface area contributed by atoms with Crippen LogP contribution in [0.15, 0.2) is 17.4 Å². The van der Waals surface area contributed by atoms with E-state index in [2.05, 4.69) is 27.5 Å². The van der Waals surface area contributed by atoms with E-state index in [4.69, 9.17) is 39.5 Å². The number of amides is 3. The molecule has 0 aromatic heterocycles. The number of ether oxygens (including phenoxy) is 1. The van der Waals surface area contributed by atoms with Crippen molar-refractivity contribution in [3.05, 3.63) is 12.4 Å². The lowest BCUT2D eigenvalue weighted by Gasteiger charge is -2.47. The number of alkyl halides is 3. The van der Waals surface area contributed by atoms with Gasteiger partial charge in [0.1, 0.15) is 6.61 Å². The first-order valence-corrected chi connectivity index (χ1v) is 10.8. The molecule has 0 radical (unpaired) electrons. The lowest BCUT2D eigenvalue weighted by atomic mass is 9.88. The van der Waals surface area contributed by atoms with Gasteiger partial charge in [0.05, 0.1) is 30.6 Å². The number of hydrogen-bond acceptors (Lipinski definition) is 9. The van der Waals surface area contributed by atoms with Gasteiger partial charge in [-0.1, -0.05) is 41.4 Å². The Morgan fingerprint density at radius 3 is 2.68 bits per heavy atom. The lowest BCUT2D eigenvalue weighted by Crippen LogP contribution is -2.73. The molecule has 1 spiro atoms. The van der Waals surface area contributed by atoms with E-state index >= 15 is 0 Å². The largest absolute Gasteiger partial charge is 0.445 e. The second-order valence-corrected chi connectivity index (χ2v) is 10.3. The third kappa shape index (κ3) is 3.99. The van der Waals surface area contributed by atoms with E-state index in [1.807, 2.05) is 0 Å². The van der Waals surface area contributed by atoms with Gasteiger partial charge in [-0.15, -0.1) is 0 Å². The van der Waals surface area contributed by atoms with Gasteiger partial charge in [-0.05, 0) is 6.42 Å². The molecular weight excluding hydrogens is 475 g/mol. The van der Waals surface area contributed by atoms with Gasteiger partial charge in [0.15, 0.2) is 5.66 Å². The molecule has 3 saturated heterocycles. The van der Waals surface area contributed by atoms with Crippen LogP contribution in [0.4, 0.5) is 4.79 Å². The maximum Gasteiger partial charge on any atom is 0.414 e. The Labute approximate surface area is 192 Å². The minimum absolute atomic E-state index is 0.0129. The second-order valence-electron chi connectivity index (χ2n) is 7.74. The zero-order valence-corrected chi connectivity index (χ0v) is 18.5. The first-order chi connectivity index (χ1) is 14.5. The monoisotopic (exact) mass is 494 g/mol. The molecule has 4 N–H and O–H groups in total. The fraction of sp³-hybridized carbons (Fsp3) is 0.647. The Bertz CT molecular complexity index is 848. The number of aliphatic hydroxyl groups excluding tert-OH is 1. The summed E-state index contributed by atoms with van der Waals surface area (Å²) in [5, 5.41) is 19.7. The number of guanidine groups is 1. The van der Waals surface area contributed by atoms with Gasteiger partial charge in [-0.25, -0.2) is 9.79 Å². The summed E-state index contributed by atoms with van der Waals surface area (Å²) in [5.41, 5.74) is -1.08. The first-order valence-electron chi connectivity index (χ1n) is 9.62. The van der Waals surface area contributed by atoms with Crippen LogP contribution in [0.1, 0.15) is 19.3 Å². The van der Waals surface area contributed by atoms with Crippen molar-refractivity contribution < 1.29 is 24.2 Å². The number of nitrogens with one attached hydrogen (secondary N) is 3. The van der Waals surface area contributed by atoms with E-state index in [1.165, 1.54) is 0 Å². The normalized spacial score (nSPS) is 32.3. The topological polar surface area (TPSA) is 136 Å². The molecule has 0 saturated carbocycles. The standard InChI is InChI=1S/C17H21Cl3N6O5/c1-8-21-13-9(6-25-11(28)2-3-12(25)29)22-14(23-15(30)31-7-16(18,19)20)26-5-4-10(27)17(13,26)24-8/h9-10,13,21,24,27H,1-7H2,(H,22,23,30)/t9-,10?,13-,17+/m0/s1. The number of alkyl carbamates (subject to hydrolysis) is 1. The maximum atomic E-state index is 12.3. The van der Waals surface area contributed by atoms with Crippen LogP contribution in [-0.2, 0) is 14.3 Å². The third-order valence-electron chi connectivity index (χ3n) is 5.77. The van der Waals surface area contributed by atoms with E-state index in [9.17, 15) is 19.5 Å². The van der Waals surface area contributed by atoms with Gasteiger partial charge < -0.3 is 25.4 Å². The third-order valence-corrected chi connectivity index (χ3v) is 6.10. The van der Waals surface area contributed by atoms with Gasteiger partial charge >= 0.3 is 6.09 Å². The molecule has 31 heavy (non-hydrogen) atoms. The first kappa shape index (κ1) is 22.3. The number of carbonyl (C=O) groups is 3. The average Bonchev–Trinajstić information content (AvgIpc) is 3.30. The highest BCUT2D eigenvalue weighted by Gasteiger charge is 2.63. The molecule has 4 aliphatic heterocycles. The summed E-state index contributed by atoms with van der Waals surface area (Å²) in [6.45, 7) is 3.77. The fourth-order valence-electron chi connectivity index (χ4n) is 4.52. The molecule has 4 aliphatic rings. The summed E-state index contributed by atoms with van der Waals surface area (Å²) in [6, 6.07) is -1.19. The maximum absolute atomic E-state index is 12.3. The summed E-state index contributed by atoms with van der Waals surface area (Å²) in [7, 11) is 0. The Morgan fingerprint density at radius 1 is 1.35 bits per heavy atom. The number of rotatable bonds is 3. The molecule has 4 heterocycles. The van der Waals surface area contributed by atoms with E-state index in [1.54, 1.807) is 4.90 Å². The molecule has 4 atom stereocenters. The van der Waals surface area contributed by atoms with Gasteiger partial charge in [0.2, 0.25) is 21.6 Å². The molecule has 0 aromatic rings. The minimum atomic E-state index is -1.78. The van der Waals surface area contributed by atoms with Crippen molar-refractivity contribution >= 4 is 58.7 Å².